The summed E-state index contributed by atoms with van der Waals surface area (Å²) in [5.74, 6) is 0.215. The van der Waals surface area contributed by atoms with Gasteiger partial charge in [0.1, 0.15) is 5.82 Å². The Balaban J connectivity index is 1.33. The van der Waals surface area contributed by atoms with Crippen LogP contribution in [-0.4, -0.2) is 58.8 Å². The first-order valence-electron chi connectivity index (χ1n) is 9.17. The van der Waals surface area contributed by atoms with E-state index in [1.54, 1.807) is 16.8 Å². The number of carbonyl (C=O) groups is 1. The van der Waals surface area contributed by atoms with Gasteiger partial charge in [-0.25, -0.2) is 4.39 Å². The van der Waals surface area contributed by atoms with Crippen LogP contribution in [0, 0.1) is 5.82 Å². The molecule has 2 aromatic carbocycles. The summed E-state index contributed by atoms with van der Waals surface area (Å²) in [6.07, 6.45) is 0. The van der Waals surface area contributed by atoms with Gasteiger partial charge in [-0.3, -0.25) is 4.79 Å². The van der Waals surface area contributed by atoms with Crippen LogP contribution in [-0.2, 0) is 4.79 Å². The molecule has 8 nitrogen and oxygen atoms in total. The standard InChI is InChI=1S/C19H20FN7O/c20-15-5-4-6-16(13-15)21-18(28)14-25-9-11-26(12-10-25)19-22-23-24-27(19)17-7-2-1-3-8-17/h1-8,13H,9-12,14H2,(H,21,28)/p+1. The molecule has 2 N–H and O–H groups in total. The molecule has 0 atom stereocenters. The van der Waals surface area contributed by atoms with Crippen molar-refractivity contribution in [3.8, 4) is 5.69 Å². The topological polar surface area (TPSA) is 80.4 Å². The number of aromatic nitrogens is 4. The van der Waals surface area contributed by atoms with Crippen molar-refractivity contribution in [2.75, 3.05) is 42.9 Å². The molecule has 0 spiro atoms. The maximum absolute atomic E-state index is 13.2. The number of carbonyl (C=O) groups excluding carboxylic acids is 1. The van der Waals surface area contributed by atoms with E-state index in [4.69, 9.17) is 0 Å². The van der Waals surface area contributed by atoms with E-state index in [-0.39, 0.29) is 11.7 Å². The van der Waals surface area contributed by atoms with Gasteiger partial charge < -0.3 is 15.1 Å². The van der Waals surface area contributed by atoms with Gasteiger partial charge in [0.2, 0.25) is 0 Å². The summed E-state index contributed by atoms with van der Waals surface area (Å²) < 4.78 is 15.0. The van der Waals surface area contributed by atoms with Crippen molar-refractivity contribution in [2.45, 2.75) is 0 Å². The van der Waals surface area contributed by atoms with Crippen LogP contribution < -0.4 is 15.1 Å². The number of tetrazole rings is 1. The molecule has 2 heterocycles. The van der Waals surface area contributed by atoms with E-state index >= 15 is 0 Å². The number of nitrogens with zero attached hydrogens (tertiary/aromatic N) is 5. The lowest BCUT2D eigenvalue weighted by Crippen LogP contribution is -3.15. The fraction of sp³-hybridized carbons (Fsp3) is 0.263. The van der Waals surface area contributed by atoms with E-state index in [1.807, 2.05) is 30.3 Å². The number of benzene rings is 2. The van der Waals surface area contributed by atoms with E-state index in [9.17, 15) is 9.18 Å². The Kier molecular flexibility index (Phi) is 5.24. The zero-order chi connectivity index (χ0) is 19.3. The first-order chi connectivity index (χ1) is 13.7. The zero-order valence-corrected chi connectivity index (χ0v) is 15.3. The number of nitrogens with one attached hydrogen (secondary N) is 2. The molecule has 1 aliphatic rings. The van der Waals surface area contributed by atoms with Crippen LogP contribution >= 0.6 is 0 Å². The molecule has 1 saturated heterocycles. The lowest BCUT2D eigenvalue weighted by Gasteiger charge is -2.31. The fourth-order valence-electron chi connectivity index (χ4n) is 3.31. The number of anilines is 2. The summed E-state index contributed by atoms with van der Waals surface area (Å²) in [7, 11) is 0. The second-order valence-electron chi connectivity index (χ2n) is 6.70. The molecule has 3 aromatic rings. The van der Waals surface area contributed by atoms with Gasteiger partial charge >= 0.3 is 0 Å². The number of quaternary nitrogens is 1. The highest BCUT2D eigenvalue weighted by Crippen LogP contribution is 2.15. The lowest BCUT2D eigenvalue weighted by molar-refractivity contribution is -0.892. The average molecular weight is 382 g/mol. The molecule has 1 aliphatic heterocycles. The van der Waals surface area contributed by atoms with Crippen molar-refractivity contribution in [1.29, 1.82) is 0 Å². The van der Waals surface area contributed by atoms with Crippen LogP contribution in [0.1, 0.15) is 0 Å². The minimum absolute atomic E-state index is 0.122. The third kappa shape index (κ3) is 4.15. The van der Waals surface area contributed by atoms with Gasteiger partial charge in [0, 0.05) is 5.69 Å². The Labute approximate surface area is 161 Å². The van der Waals surface area contributed by atoms with Crippen molar-refractivity contribution in [2.24, 2.45) is 0 Å². The van der Waals surface area contributed by atoms with Gasteiger partial charge in [-0.15, -0.1) is 0 Å². The van der Waals surface area contributed by atoms with Gasteiger partial charge in [0.25, 0.3) is 11.9 Å². The predicted molar refractivity (Wildman–Crippen MR) is 102 cm³/mol. The summed E-state index contributed by atoms with van der Waals surface area (Å²) in [4.78, 5) is 15.5. The second-order valence-corrected chi connectivity index (χ2v) is 6.70. The number of halogens is 1. The summed E-state index contributed by atoms with van der Waals surface area (Å²) in [5.41, 5.74) is 1.39. The normalized spacial score (nSPS) is 14.8. The first-order valence-corrected chi connectivity index (χ1v) is 9.17. The number of para-hydroxylation sites is 1. The highest BCUT2D eigenvalue weighted by Gasteiger charge is 2.26. The molecule has 1 fully saturated rings. The van der Waals surface area contributed by atoms with Gasteiger partial charge in [0.05, 0.1) is 31.9 Å². The molecule has 0 unspecified atom stereocenters. The molecule has 28 heavy (non-hydrogen) atoms. The number of rotatable bonds is 5. The third-order valence-electron chi connectivity index (χ3n) is 4.73. The number of amides is 1. The van der Waals surface area contributed by atoms with Crippen molar-refractivity contribution in [1.82, 2.24) is 20.2 Å². The largest absolute Gasteiger partial charge is 0.328 e. The van der Waals surface area contributed by atoms with Crippen LogP contribution in [0.25, 0.3) is 5.69 Å². The highest BCUT2D eigenvalue weighted by atomic mass is 19.1. The van der Waals surface area contributed by atoms with Crippen LogP contribution in [0.3, 0.4) is 0 Å². The Morgan fingerprint density at radius 3 is 2.64 bits per heavy atom. The molecule has 1 amide bonds. The maximum Gasteiger partial charge on any atom is 0.279 e. The van der Waals surface area contributed by atoms with Crippen molar-refractivity contribution >= 4 is 17.5 Å². The number of hydrogen-bond acceptors (Lipinski definition) is 5. The van der Waals surface area contributed by atoms with Gasteiger partial charge in [-0.2, -0.15) is 4.68 Å². The molecule has 1 aromatic heterocycles. The Morgan fingerprint density at radius 1 is 1.11 bits per heavy atom. The van der Waals surface area contributed by atoms with Gasteiger partial charge in [-0.05, 0) is 40.8 Å². The molecule has 9 heteroatoms. The third-order valence-corrected chi connectivity index (χ3v) is 4.73. The van der Waals surface area contributed by atoms with E-state index in [1.165, 1.54) is 17.0 Å². The summed E-state index contributed by atoms with van der Waals surface area (Å²) in [5, 5.41) is 14.8. The maximum atomic E-state index is 13.2. The number of hydrogen-bond donors (Lipinski definition) is 2. The Hall–Kier alpha value is -3.33. The molecular weight excluding hydrogens is 361 g/mol. The van der Waals surface area contributed by atoms with Crippen molar-refractivity contribution in [3.63, 3.8) is 0 Å². The van der Waals surface area contributed by atoms with Crippen LogP contribution in [0.15, 0.2) is 54.6 Å². The summed E-state index contributed by atoms with van der Waals surface area (Å²) in [6.45, 7) is 3.41. The predicted octanol–water partition coefficient (Wildman–Crippen LogP) is 0.145. The summed E-state index contributed by atoms with van der Waals surface area (Å²) in [6, 6.07) is 15.7. The number of piperazine rings is 1. The van der Waals surface area contributed by atoms with E-state index < -0.39 is 0 Å². The average Bonchev–Trinajstić information content (AvgIpc) is 3.19. The minimum Gasteiger partial charge on any atom is -0.328 e. The minimum atomic E-state index is -0.366. The highest BCUT2D eigenvalue weighted by molar-refractivity contribution is 5.91. The van der Waals surface area contributed by atoms with Crippen molar-refractivity contribution < 1.29 is 14.1 Å². The van der Waals surface area contributed by atoms with E-state index in [2.05, 4.69) is 25.7 Å². The molecule has 0 bridgehead atoms. The lowest BCUT2D eigenvalue weighted by atomic mass is 10.3. The van der Waals surface area contributed by atoms with Crippen molar-refractivity contribution in [3.05, 3.63) is 60.4 Å². The summed E-state index contributed by atoms with van der Waals surface area (Å²) >= 11 is 0. The first kappa shape index (κ1) is 18.1. The van der Waals surface area contributed by atoms with Gasteiger partial charge in [-0.1, -0.05) is 29.4 Å². The molecule has 0 radical (unpaired) electrons. The van der Waals surface area contributed by atoms with Gasteiger partial charge in [0.15, 0.2) is 6.54 Å². The Bertz CT molecular complexity index is 938. The molecular formula is C19H21FN7O+. The molecule has 144 valence electrons. The Morgan fingerprint density at radius 2 is 1.89 bits per heavy atom. The van der Waals surface area contributed by atoms with Crippen LogP contribution in [0.5, 0.6) is 0 Å². The smallest absolute Gasteiger partial charge is 0.279 e. The quantitative estimate of drug-likeness (QED) is 0.657. The van der Waals surface area contributed by atoms with E-state index in [0.29, 0.717) is 18.2 Å². The zero-order valence-electron chi connectivity index (χ0n) is 15.3. The molecule has 4 rings (SSSR count). The fourth-order valence-corrected chi connectivity index (χ4v) is 3.31. The monoisotopic (exact) mass is 382 g/mol. The van der Waals surface area contributed by atoms with Crippen LogP contribution in [0.2, 0.25) is 0 Å². The van der Waals surface area contributed by atoms with E-state index in [0.717, 1.165) is 31.9 Å². The molecule has 0 aliphatic carbocycles. The SMILES string of the molecule is O=C(C[NH+]1CCN(c2nnnn2-c2ccccc2)CC1)Nc1cccc(F)c1. The second kappa shape index (κ2) is 8.13. The van der Waals surface area contributed by atoms with Crippen LogP contribution in [0.4, 0.5) is 16.0 Å². The molecule has 0 saturated carbocycles.